The summed E-state index contributed by atoms with van der Waals surface area (Å²) in [5.41, 5.74) is 0.929. The predicted octanol–water partition coefficient (Wildman–Crippen LogP) is 1.95. The van der Waals surface area contributed by atoms with E-state index in [4.69, 9.17) is 14.3 Å². The minimum atomic E-state index is -5.08. The van der Waals surface area contributed by atoms with E-state index in [1.54, 1.807) is 31.5 Å². The summed E-state index contributed by atoms with van der Waals surface area (Å²) in [5.74, 6) is -2.56. The first-order valence-electron chi connectivity index (χ1n) is 10.1. The summed E-state index contributed by atoms with van der Waals surface area (Å²) in [4.78, 5) is 41.7. The molecule has 3 heterocycles. The van der Waals surface area contributed by atoms with E-state index in [0.717, 1.165) is 38.3 Å². The molecule has 0 saturated carbocycles. The number of hydrogen-bond acceptors (Lipinski definition) is 5. The molecule has 1 atom stereocenters. The highest BCUT2D eigenvalue weighted by Gasteiger charge is 2.47. The van der Waals surface area contributed by atoms with Crippen LogP contribution < -0.4 is 0 Å². The quantitative estimate of drug-likeness (QED) is 0.738. The number of urea groups is 1. The second-order valence-corrected chi connectivity index (χ2v) is 8.33. The first-order valence-corrected chi connectivity index (χ1v) is 10.1. The van der Waals surface area contributed by atoms with Crippen LogP contribution in [-0.4, -0.2) is 102 Å². The first-order chi connectivity index (χ1) is 14.9. The van der Waals surface area contributed by atoms with Gasteiger partial charge in [0.15, 0.2) is 0 Å². The smallest absolute Gasteiger partial charge is 0.475 e. The maximum atomic E-state index is 12.6. The third kappa shape index (κ3) is 6.62. The molecule has 0 bridgehead atoms. The van der Waals surface area contributed by atoms with Gasteiger partial charge < -0.3 is 24.2 Å². The van der Waals surface area contributed by atoms with E-state index in [0.29, 0.717) is 19.5 Å². The van der Waals surface area contributed by atoms with E-state index in [1.807, 2.05) is 22.8 Å². The minimum absolute atomic E-state index is 0.0203. The zero-order valence-corrected chi connectivity index (χ0v) is 18.4. The van der Waals surface area contributed by atoms with E-state index >= 15 is 0 Å². The molecule has 3 rings (SSSR count). The minimum Gasteiger partial charge on any atom is -0.475 e. The van der Waals surface area contributed by atoms with Crippen molar-refractivity contribution in [3.63, 3.8) is 0 Å². The van der Waals surface area contributed by atoms with Crippen LogP contribution in [0.2, 0.25) is 0 Å². The van der Waals surface area contributed by atoms with Crippen molar-refractivity contribution in [1.82, 2.24) is 19.6 Å². The van der Waals surface area contributed by atoms with Gasteiger partial charge in [-0.3, -0.25) is 9.69 Å². The molecule has 1 aromatic rings. The van der Waals surface area contributed by atoms with E-state index in [-0.39, 0.29) is 17.4 Å². The fourth-order valence-electron chi connectivity index (χ4n) is 4.05. The number of likely N-dealkylation sites (tertiary alicyclic amines) is 1. The molecule has 12 heteroatoms. The molecular formula is C20H29F3N4O5. The van der Waals surface area contributed by atoms with Gasteiger partial charge in [0.1, 0.15) is 0 Å². The molecule has 2 fully saturated rings. The van der Waals surface area contributed by atoms with Crippen LogP contribution in [0.3, 0.4) is 0 Å². The molecule has 2 saturated heterocycles. The van der Waals surface area contributed by atoms with E-state index < -0.39 is 12.1 Å². The number of carboxylic acid groups (broad SMARTS) is 1. The lowest BCUT2D eigenvalue weighted by Crippen LogP contribution is -2.47. The van der Waals surface area contributed by atoms with Crippen LogP contribution in [0, 0.1) is 5.41 Å². The van der Waals surface area contributed by atoms with Crippen LogP contribution in [0.25, 0.3) is 0 Å². The normalized spacial score (nSPS) is 21.9. The predicted molar refractivity (Wildman–Crippen MR) is 108 cm³/mol. The van der Waals surface area contributed by atoms with E-state index in [1.165, 1.54) is 0 Å². The number of halogens is 3. The number of aliphatic carboxylic acids is 1. The molecule has 0 radical (unpaired) electrons. The Hall–Kier alpha value is -2.76. The molecule has 180 valence electrons. The van der Waals surface area contributed by atoms with Crippen molar-refractivity contribution in [3.05, 3.63) is 24.2 Å². The Balaban J connectivity index is 0.000000451. The van der Waals surface area contributed by atoms with Gasteiger partial charge in [-0.05, 0) is 13.0 Å². The number of amides is 3. The number of carboxylic acids is 1. The van der Waals surface area contributed by atoms with E-state index in [2.05, 4.69) is 4.90 Å². The number of hydrogen-bond donors (Lipinski definition) is 1. The number of alkyl halides is 3. The van der Waals surface area contributed by atoms with Crippen molar-refractivity contribution in [2.24, 2.45) is 5.41 Å². The zero-order chi connectivity index (χ0) is 24.1. The second kappa shape index (κ2) is 10.2. The standard InChI is InChI=1S/C18H28N4O3.C2HF3O2/c1-4-21-13-18(9-16(21)23)12-20(10-15-5-8-25-11-15)6-7-22(14-18)17(24)19(2)3;3-2(4,5)1(6)7/h5,8,11H,4,6-7,9-10,12-14H2,1-3H3;(H,6,7). The molecule has 3 amide bonds. The summed E-state index contributed by atoms with van der Waals surface area (Å²) < 4.78 is 36.9. The summed E-state index contributed by atoms with van der Waals surface area (Å²) in [6.45, 7) is 7.17. The molecule has 32 heavy (non-hydrogen) atoms. The molecule has 0 aromatic carbocycles. The van der Waals surface area contributed by atoms with Gasteiger partial charge >= 0.3 is 18.2 Å². The molecule has 1 spiro atoms. The second-order valence-electron chi connectivity index (χ2n) is 8.33. The summed E-state index contributed by atoms with van der Waals surface area (Å²) in [5, 5.41) is 7.12. The molecule has 2 aliphatic rings. The lowest BCUT2D eigenvalue weighted by molar-refractivity contribution is -0.192. The molecule has 0 aliphatic carbocycles. The van der Waals surface area contributed by atoms with Gasteiger partial charge in [0.25, 0.3) is 0 Å². The molecular weight excluding hydrogens is 433 g/mol. The van der Waals surface area contributed by atoms with Crippen molar-refractivity contribution in [1.29, 1.82) is 0 Å². The summed E-state index contributed by atoms with van der Waals surface area (Å²) in [6.07, 6.45) is -1.12. The third-order valence-electron chi connectivity index (χ3n) is 5.44. The highest BCUT2D eigenvalue weighted by atomic mass is 19.4. The Morgan fingerprint density at radius 3 is 2.34 bits per heavy atom. The Bertz CT molecular complexity index is 800. The maximum absolute atomic E-state index is 12.6. The summed E-state index contributed by atoms with van der Waals surface area (Å²) in [7, 11) is 3.56. The third-order valence-corrected chi connectivity index (χ3v) is 5.44. The van der Waals surface area contributed by atoms with Gasteiger partial charge in [0.05, 0.1) is 12.5 Å². The van der Waals surface area contributed by atoms with Crippen molar-refractivity contribution in [2.45, 2.75) is 26.1 Å². The van der Waals surface area contributed by atoms with Gasteiger partial charge in [-0.1, -0.05) is 0 Å². The Morgan fingerprint density at radius 2 is 1.88 bits per heavy atom. The lowest BCUT2D eigenvalue weighted by atomic mass is 9.86. The van der Waals surface area contributed by atoms with E-state index in [9.17, 15) is 22.8 Å². The van der Waals surface area contributed by atoms with Crippen molar-refractivity contribution < 1.29 is 37.1 Å². The Morgan fingerprint density at radius 1 is 1.22 bits per heavy atom. The average molecular weight is 462 g/mol. The summed E-state index contributed by atoms with van der Waals surface area (Å²) in [6, 6.07) is 1.99. The Kier molecular flexibility index (Phi) is 8.16. The van der Waals surface area contributed by atoms with Crippen LogP contribution >= 0.6 is 0 Å². The fraction of sp³-hybridized carbons (Fsp3) is 0.650. The zero-order valence-electron chi connectivity index (χ0n) is 18.4. The molecule has 2 aliphatic heterocycles. The molecule has 1 unspecified atom stereocenters. The number of carbonyl (C=O) groups is 3. The first kappa shape index (κ1) is 25.5. The van der Waals surface area contributed by atoms with Crippen molar-refractivity contribution in [3.8, 4) is 0 Å². The lowest BCUT2D eigenvalue weighted by Gasteiger charge is -2.34. The van der Waals surface area contributed by atoms with Crippen molar-refractivity contribution >= 4 is 17.9 Å². The van der Waals surface area contributed by atoms with Gasteiger partial charge in [0.2, 0.25) is 5.91 Å². The number of furan rings is 1. The average Bonchev–Trinajstić information content (AvgIpc) is 3.26. The van der Waals surface area contributed by atoms with Crippen LogP contribution in [0.4, 0.5) is 18.0 Å². The van der Waals surface area contributed by atoms with Gasteiger partial charge in [0, 0.05) is 77.3 Å². The van der Waals surface area contributed by atoms with Crippen LogP contribution in [0.15, 0.2) is 23.0 Å². The van der Waals surface area contributed by atoms with Gasteiger partial charge in [-0.2, -0.15) is 13.2 Å². The molecule has 9 nitrogen and oxygen atoms in total. The molecule has 1 aromatic heterocycles. The molecule has 1 N–H and O–H groups in total. The van der Waals surface area contributed by atoms with Crippen LogP contribution in [0.5, 0.6) is 0 Å². The maximum Gasteiger partial charge on any atom is 0.490 e. The SMILES string of the molecule is CCN1CC2(CC1=O)CN(Cc1ccoc1)CCN(C(=O)N(C)C)C2.O=C(O)C(F)(F)F. The summed E-state index contributed by atoms with van der Waals surface area (Å²) >= 11 is 0. The van der Waals surface area contributed by atoms with Crippen molar-refractivity contribution in [2.75, 3.05) is 53.4 Å². The highest BCUT2D eigenvalue weighted by molar-refractivity contribution is 5.80. The van der Waals surface area contributed by atoms with Crippen LogP contribution in [0.1, 0.15) is 18.9 Å². The number of carbonyl (C=O) groups excluding carboxylic acids is 2. The van der Waals surface area contributed by atoms with Crippen LogP contribution in [-0.2, 0) is 16.1 Å². The number of rotatable bonds is 3. The largest absolute Gasteiger partial charge is 0.490 e. The van der Waals surface area contributed by atoms with Gasteiger partial charge in [-0.15, -0.1) is 0 Å². The highest BCUT2D eigenvalue weighted by Crippen LogP contribution is 2.35. The van der Waals surface area contributed by atoms with Gasteiger partial charge in [-0.25, -0.2) is 9.59 Å². The topological polar surface area (TPSA) is 97.5 Å². The fourth-order valence-corrected chi connectivity index (χ4v) is 4.05. The number of nitrogens with zero attached hydrogens (tertiary/aromatic N) is 4. The Labute approximate surface area is 184 Å². The monoisotopic (exact) mass is 462 g/mol.